The monoisotopic (exact) mass is 725 g/mol. The Morgan fingerprint density at radius 1 is 0.957 bits per heavy atom. The molecule has 0 unspecified atom stereocenters. The van der Waals surface area contributed by atoms with Crippen molar-refractivity contribution in [3.63, 3.8) is 0 Å². The van der Waals surface area contributed by atoms with Gasteiger partial charge in [-0.1, -0.05) is 65.3 Å². The summed E-state index contributed by atoms with van der Waals surface area (Å²) in [6.45, 7) is 4.23. The van der Waals surface area contributed by atoms with Crippen molar-refractivity contribution < 1.29 is 41.4 Å². The summed E-state index contributed by atoms with van der Waals surface area (Å²) >= 11 is 3.21. The van der Waals surface area contributed by atoms with Gasteiger partial charge in [0.05, 0.1) is 18.8 Å². The Morgan fingerprint density at radius 2 is 1.64 bits per heavy atom. The van der Waals surface area contributed by atoms with E-state index < -0.39 is 48.3 Å². The Labute approximate surface area is 280 Å². The molecule has 1 amide bonds. The molecule has 3 N–H and O–H groups in total. The molecule has 0 radical (unpaired) electrons. The molecule has 256 valence electrons. The van der Waals surface area contributed by atoms with Crippen LogP contribution in [0.4, 0.5) is 23.2 Å². The average Bonchev–Trinajstić information content (AvgIpc) is 3.02. The van der Waals surface area contributed by atoms with Gasteiger partial charge in [-0.2, -0.15) is 13.2 Å². The van der Waals surface area contributed by atoms with Crippen LogP contribution >= 0.6 is 15.9 Å². The number of carbonyl (C=O) groups excluding carboxylic acids is 2. The third-order valence-corrected chi connectivity index (χ3v) is 7.58. The van der Waals surface area contributed by atoms with Crippen LogP contribution in [0.1, 0.15) is 50.8 Å². The van der Waals surface area contributed by atoms with E-state index in [-0.39, 0.29) is 25.3 Å². The summed E-state index contributed by atoms with van der Waals surface area (Å²) in [5, 5.41) is 8.30. The zero-order valence-electron chi connectivity index (χ0n) is 26.6. The first-order valence-electron chi connectivity index (χ1n) is 15.0. The number of amides is 1. The zero-order valence-corrected chi connectivity index (χ0v) is 28.2. The van der Waals surface area contributed by atoms with E-state index in [4.69, 9.17) is 14.2 Å². The van der Waals surface area contributed by atoms with Gasteiger partial charge in [0.15, 0.2) is 6.61 Å². The van der Waals surface area contributed by atoms with Gasteiger partial charge in [-0.05, 0) is 55.7 Å². The molecule has 47 heavy (non-hydrogen) atoms. The standard InChI is InChI=1S/C34H40BrF4N3O5/c1-5-25(41-32(44)28(18-33(2,3)36)42-31(34(37,38)39)23-11-13-24(35)14-12-23)19-40-27-16-15-26(17-29(27)45-4)46-21-30(43)47-20-22-9-7-6-8-10-22/h6-17,25,28,31,40,42H,5,18-21H2,1-4H3,(H,41,44)/t25-,28+,31+/m1/s1. The number of nitrogens with one attached hydrogen (secondary N) is 3. The second kappa shape index (κ2) is 17.4. The van der Waals surface area contributed by atoms with E-state index in [0.717, 1.165) is 5.56 Å². The first kappa shape index (κ1) is 37.6. The number of carbonyl (C=O) groups is 2. The summed E-state index contributed by atoms with van der Waals surface area (Å²) in [6, 6.07) is 15.4. The van der Waals surface area contributed by atoms with Gasteiger partial charge in [0, 0.05) is 29.5 Å². The number of anilines is 1. The van der Waals surface area contributed by atoms with Crippen LogP contribution in [-0.4, -0.2) is 56.1 Å². The van der Waals surface area contributed by atoms with E-state index in [1.54, 1.807) is 25.1 Å². The molecule has 0 aliphatic rings. The van der Waals surface area contributed by atoms with Crippen molar-refractivity contribution in [1.29, 1.82) is 0 Å². The molecule has 8 nitrogen and oxygen atoms in total. The molecule has 0 aliphatic carbocycles. The Bertz CT molecular complexity index is 1440. The van der Waals surface area contributed by atoms with E-state index in [1.165, 1.54) is 45.2 Å². The van der Waals surface area contributed by atoms with Crippen molar-refractivity contribution in [2.45, 2.75) is 70.2 Å². The maximum atomic E-state index is 14.7. The molecular weight excluding hydrogens is 686 g/mol. The Balaban J connectivity index is 1.62. The fourth-order valence-corrected chi connectivity index (χ4v) is 4.87. The molecular formula is C34H40BrF4N3O5. The van der Waals surface area contributed by atoms with Gasteiger partial charge in [-0.15, -0.1) is 0 Å². The lowest BCUT2D eigenvalue weighted by molar-refractivity contribution is -0.161. The van der Waals surface area contributed by atoms with Crippen molar-refractivity contribution in [1.82, 2.24) is 10.6 Å². The van der Waals surface area contributed by atoms with Crippen molar-refractivity contribution in [2.24, 2.45) is 0 Å². The number of alkyl halides is 4. The van der Waals surface area contributed by atoms with E-state index in [2.05, 4.69) is 31.9 Å². The third kappa shape index (κ3) is 12.7. The van der Waals surface area contributed by atoms with Crippen molar-refractivity contribution in [3.8, 4) is 11.5 Å². The summed E-state index contributed by atoms with van der Waals surface area (Å²) in [7, 11) is 1.45. The molecule has 0 spiro atoms. The molecule has 0 aliphatic heterocycles. The third-order valence-electron chi connectivity index (χ3n) is 7.05. The van der Waals surface area contributed by atoms with Crippen LogP contribution in [0.3, 0.4) is 0 Å². The SMILES string of the molecule is CC[C@H](CNc1ccc(OCC(=O)OCc2ccccc2)cc1OC)NC(=O)[C@H](CC(C)(C)F)N[C@@H](c1ccc(Br)cc1)C(F)(F)F. The number of halogens is 5. The van der Waals surface area contributed by atoms with Crippen LogP contribution < -0.4 is 25.4 Å². The highest BCUT2D eigenvalue weighted by Gasteiger charge is 2.44. The molecule has 0 saturated carbocycles. The molecule has 0 saturated heterocycles. The summed E-state index contributed by atoms with van der Waals surface area (Å²) in [4.78, 5) is 25.5. The van der Waals surface area contributed by atoms with Gasteiger partial charge in [0.1, 0.15) is 29.8 Å². The fraction of sp³-hybridized carbons (Fsp3) is 0.412. The van der Waals surface area contributed by atoms with Gasteiger partial charge < -0.3 is 24.8 Å². The number of ether oxygens (including phenoxy) is 3. The number of benzene rings is 3. The molecule has 0 bridgehead atoms. The smallest absolute Gasteiger partial charge is 0.407 e. The summed E-state index contributed by atoms with van der Waals surface area (Å²) in [5.41, 5.74) is -0.636. The van der Waals surface area contributed by atoms with E-state index in [1.807, 2.05) is 30.3 Å². The molecule has 13 heteroatoms. The second-order valence-electron chi connectivity index (χ2n) is 11.5. The fourth-order valence-electron chi connectivity index (χ4n) is 4.61. The molecule has 3 atom stereocenters. The van der Waals surface area contributed by atoms with Gasteiger partial charge >= 0.3 is 12.1 Å². The highest BCUT2D eigenvalue weighted by Crippen LogP contribution is 2.35. The number of methoxy groups -OCH3 is 1. The molecule has 0 heterocycles. The van der Waals surface area contributed by atoms with Gasteiger partial charge in [-0.3, -0.25) is 10.1 Å². The number of esters is 1. The van der Waals surface area contributed by atoms with Crippen LogP contribution in [0.5, 0.6) is 11.5 Å². The first-order chi connectivity index (χ1) is 22.2. The van der Waals surface area contributed by atoms with E-state index >= 15 is 0 Å². The lowest BCUT2D eigenvalue weighted by Crippen LogP contribution is -2.53. The highest BCUT2D eigenvalue weighted by atomic mass is 79.9. The topological polar surface area (TPSA) is 97.9 Å². The van der Waals surface area contributed by atoms with Crippen LogP contribution in [-0.2, 0) is 20.9 Å². The summed E-state index contributed by atoms with van der Waals surface area (Å²) in [6.07, 6.45) is -4.80. The quantitative estimate of drug-likeness (QED) is 0.0994. The average molecular weight is 727 g/mol. The molecule has 0 aromatic heterocycles. The van der Waals surface area contributed by atoms with E-state index in [0.29, 0.717) is 28.1 Å². The van der Waals surface area contributed by atoms with Crippen molar-refractivity contribution in [3.05, 3.63) is 88.4 Å². The Hall–Kier alpha value is -3.84. The van der Waals surface area contributed by atoms with Crippen LogP contribution in [0.25, 0.3) is 0 Å². The number of hydrogen-bond donors (Lipinski definition) is 3. The Morgan fingerprint density at radius 3 is 2.23 bits per heavy atom. The largest absolute Gasteiger partial charge is 0.494 e. The molecule has 3 rings (SSSR count). The minimum absolute atomic E-state index is 0.104. The molecule has 3 aromatic rings. The van der Waals surface area contributed by atoms with Crippen LogP contribution in [0.15, 0.2) is 77.3 Å². The minimum Gasteiger partial charge on any atom is -0.494 e. The van der Waals surface area contributed by atoms with Crippen molar-refractivity contribution in [2.75, 3.05) is 25.6 Å². The number of hydrogen-bond acceptors (Lipinski definition) is 7. The minimum atomic E-state index is -4.74. The predicted octanol–water partition coefficient (Wildman–Crippen LogP) is 7.29. The maximum absolute atomic E-state index is 14.7. The second-order valence-corrected chi connectivity index (χ2v) is 12.4. The van der Waals surface area contributed by atoms with Crippen LogP contribution in [0, 0.1) is 0 Å². The molecule has 3 aromatic carbocycles. The van der Waals surface area contributed by atoms with Gasteiger partial charge in [-0.25, -0.2) is 9.18 Å². The zero-order chi connectivity index (χ0) is 34.6. The predicted molar refractivity (Wildman–Crippen MR) is 175 cm³/mol. The van der Waals surface area contributed by atoms with E-state index in [9.17, 15) is 27.2 Å². The van der Waals surface area contributed by atoms with Crippen LogP contribution in [0.2, 0.25) is 0 Å². The summed E-state index contributed by atoms with van der Waals surface area (Å²) in [5.74, 6) is -0.552. The normalized spacial score (nSPS) is 13.6. The lowest BCUT2D eigenvalue weighted by atomic mass is 9.97. The first-order valence-corrected chi connectivity index (χ1v) is 15.8. The highest BCUT2D eigenvalue weighted by molar-refractivity contribution is 9.10. The van der Waals surface area contributed by atoms with Gasteiger partial charge in [0.2, 0.25) is 5.91 Å². The molecule has 0 fully saturated rings. The van der Waals surface area contributed by atoms with Crippen molar-refractivity contribution >= 4 is 33.5 Å². The maximum Gasteiger partial charge on any atom is 0.407 e. The lowest BCUT2D eigenvalue weighted by Gasteiger charge is -2.31. The Kier molecular flexibility index (Phi) is 13.9. The van der Waals surface area contributed by atoms with Gasteiger partial charge in [0.25, 0.3) is 0 Å². The number of rotatable bonds is 17. The summed E-state index contributed by atoms with van der Waals surface area (Å²) < 4.78 is 74.0.